The minimum Gasteiger partial charge on any atom is -0.341 e. The molecule has 2 atom stereocenters. The molecule has 42 heavy (non-hydrogen) atoms. The maximum absolute atomic E-state index is 14.8. The van der Waals surface area contributed by atoms with Crippen LogP contribution in [0.5, 0.6) is 0 Å². The van der Waals surface area contributed by atoms with E-state index in [9.17, 15) is 14.0 Å². The van der Waals surface area contributed by atoms with Gasteiger partial charge < -0.3 is 10.6 Å². The number of nitrogens with one attached hydrogen (secondary N) is 3. The molecule has 214 valence electrons. The summed E-state index contributed by atoms with van der Waals surface area (Å²) in [5.74, 6) is -0.824. The molecule has 3 aliphatic carbocycles. The van der Waals surface area contributed by atoms with Gasteiger partial charge in [-0.2, -0.15) is 15.3 Å². The molecule has 4 aromatic rings. The molecule has 2 amide bonds. The van der Waals surface area contributed by atoms with Crippen molar-refractivity contribution in [2.24, 2.45) is 0 Å². The number of rotatable bonds is 8. The maximum Gasteiger partial charge on any atom is 0.258 e. The average Bonchev–Trinajstić information content (AvgIpc) is 3.92. The fraction of sp³-hybridized carbons (Fsp3) is 0.364. The zero-order valence-electron chi connectivity index (χ0n) is 23.7. The van der Waals surface area contributed by atoms with Gasteiger partial charge in [-0.3, -0.25) is 14.7 Å². The largest absolute Gasteiger partial charge is 0.341 e. The minimum absolute atomic E-state index is 0.183. The van der Waals surface area contributed by atoms with Gasteiger partial charge in [-0.1, -0.05) is 24.3 Å². The van der Waals surface area contributed by atoms with Crippen molar-refractivity contribution in [1.29, 1.82) is 0 Å². The number of hydrogen-bond acceptors (Lipinski definition) is 5. The Labute approximate surface area is 243 Å². The number of anilines is 1. The molecule has 2 aromatic heterocycles. The molecule has 0 bridgehead atoms. The van der Waals surface area contributed by atoms with Crippen LogP contribution in [0, 0.1) is 13.8 Å². The van der Waals surface area contributed by atoms with Crippen molar-refractivity contribution in [3.63, 3.8) is 0 Å². The van der Waals surface area contributed by atoms with Crippen molar-refractivity contribution in [1.82, 2.24) is 25.7 Å². The van der Waals surface area contributed by atoms with Crippen LogP contribution in [0.4, 0.5) is 10.1 Å². The molecule has 3 N–H and O–H groups in total. The number of hydrogen-bond donors (Lipinski definition) is 3. The number of carbonyl (C=O) groups excluding carboxylic acids is 2. The second kappa shape index (κ2) is 10.2. The maximum atomic E-state index is 14.8. The fourth-order valence-electron chi connectivity index (χ4n) is 6.18. The molecule has 2 aromatic carbocycles. The second-order valence-corrected chi connectivity index (χ2v) is 12.0. The third-order valence-electron chi connectivity index (χ3n) is 8.93. The third-order valence-corrected chi connectivity index (χ3v) is 8.93. The number of halogens is 1. The Balaban J connectivity index is 1.17. The van der Waals surface area contributed by atoms with E-state index in [1.54, 1.807) is 0 Å². The van der Waals surface area contributed by atoms with E-state index in [0.29, 0.717) is 18.0 Å². The third kappa shape index (κ3) is 4.97. The number of alkyl halides is 1. The number of aryl methyl sites for hydroxylation is 3. The van der Waals surface area contributed by atoms with Crippen LogP contribution in [0.15, 0.2) is 54.7 Å². The Morgan fingerprint density at radius 1 is 1.02 bits per heavy atom. The quantitative estimate of drug-likeness (QED) is 0.255. The van der Waals surface area contributed by atoms with Crippen LogP contribution in [-0.2, 0) is 16.0 Å². The SMILES string of the molecule is Cc1n[nH]c(C)c1-c1ccc(NC(=O)[C@@H](NC(=O)C2(F)CC2)[C@@H]2CCc3ccc(-c4cc(C5CC5)cnn4)cc32)cc1. The van der Waals surface area contributed by atoms with E-state index in [2.05, 4.69) is 49.2 Å². The Hall–Kier alpha value is -4.40. The lowest BCUT2D eigenvalue weighted by Crippen LogP contribution is -2.50. The number of carbonyl (C=O) groups is 2. The molecule has 7 rings (SSSR count). The molecule has 0 unspecified atom stereocenters. The van der Waals surface area contributed by atoms with Crippen LogP contribution in [0.25, 0.3) is 22.4 Å². The molecule has 3 aliphatic rings. The van der Waals surface area contributed by atoms with E-state index < -0.39 is 17.6 Å². The summed E-state index contributed by atoms with van der Waals surface area (Å²) >= 11 is 0. The van der Waals surface area contributed by atoms with E-state index in [4.69, 9.17) is 0 Å². The van der Waals surface area contributed by atoms with Crippen molar-refractivity contribution >= 4 is 17.5 Å². The van der Waals surface area contributed by atoms with Gasteiger partial charge in [0.05, 0.1) is 17.6 Å². The highest BCUT2D eigenvalue weighted by Gasteiger charge is 2.52. The van der Waals surface area contributed by atoms with E-state index in [0.717, 1.165) is 51.3 Å². The van der Waals surface area contributed by atoms with Gasteiger partial charge in [0.25, 0.3) is 5.91 Å². The van der Waals surface area contributed by atoms with Crippen molar-refractivity contribution in [3.05, 3.63) is 82.8 Å². The normalized spacial score (nSPS) is 19.2. The standard InChI is InChI=1S/C33H33FN6O2/c1-18-29(19(2)39-38-18)22-7-10-25(11-8-22)36-31(41)30(37-32(42)33(34)13-14-33)26-12-9-21-5-6-23(15-27(21)26)28-16-24(17-35-40-28)20-3-4-20/h5-8,10-11,15-17,20,26,30H,3-4,9,12-14H2,1-2H3,(H,36,41)(H,37,42)(H,38,39)/t26-,30+/m1/s1. The second-order valence-electron chi connectivity index (χ2n) is 12.0. The number of aromatic nitrogens is 4. The van der Waals surface area contributed by atoms with Crippen molar-refractivity contribution in [3.8, 4) is 22.4 Å². The van der Waals surface area contributed by atoms with E-state index in [1.807, 2.05) is 50.4 Å². The average molecular weight is 565 g/mol. The van der Waals surface area contributed by atoms with Crippen LogP contribution in [0.3, 0.4) is 0 Å². The number of benzene rings is 2. The molecule has 8 nitrogen and oxygen atoms in total. The Bertz CT molecular complexity index is 1670. The predicted octanol–water partition coefficient (Wildman–Crippen LogP) is 5.68. The zero-order chi connectivity index (χ0) is 29.0. The van der Waals surface area contributed by atoms with Crippen molar-refractivity contribution in [2.75, 3.05) is 5.32 Å². The van der Waals surface area contributed by atoms with E-state index in [1.165, 1.54) is 18.4 Å². The van der Waals surface area contributed by atoms with Crippen molar-refractivity contribution < 1.29 is 14.0 Å². The van der Waals surface area contributed by atoms with Crippen LogP contribution < -0.4 is 10.6 Å². The topological polar surface area (TPSA) is 113 Å². The lowest BCUT2D eigenvalue weighted by molar-refractivity contribution is -0.131. The summed E-state index contributed by atoms with van der Waals surface area (Å²) in [6.45, 7) is 3.91. The van der Waals surface area contributed by atoms with Gasteiger partial charge in [0.1, 0.15) is 6.04 Å². The van der Waals surface area contributed by atoms with Gasteiger partial charge in [-0.05, 0) is 105 Å². The Morgan fingerprint density at radius 2 is 1.79 bits per heavy atom. The number of aromatic amines is 1. The first kappa shape index (κ1) is 26.5. The first-order chi connectivity index (χ1) is 20.3. The monoisotopic (exact) mass is 564 g/mol. The van der Waals surface area contributed by atoms with Gasteiger partial charge in [0.15, 0.2) is 5.67 Å². The highest BCUT2D eigenvalue weighted by atomic mass is 19.1. The van der Waals surface area contributed by atoms with Gasteiger partial charge in [-0.25, -0.2) is 4.39 Å². The van der Waals surface area contributed by atoms with Crippen molar-refractivity contribution in [2.45, 2.75) is 75.9 Å². The molecule has 0 spiro atoms. The summed E-state index contributed by atoms with van der Waals surface area (Å²) in [4.78, 5) is 26.7. The van der Waals surface area contributed by atoms with E-state index in [-0.39, 0.29) is 24.7 Å². The summed E-state index contributed by atoms with van der Waals surface area (Å²) in [5, 5.41) is 21.7. The number of nitrogens with zero attached hydrogens (tertiary/aromatic N) is 3. The molecule has 9 heteroatoms. The van der Waals surface area contributed by atoms with Crippen LogP contribution in [0.1, 0.15) is 72.0 Å². The molecule has 2 saturated carbocycles. The smallest absolute Gasteiger partial charge is 0.258 e. The first-order valence-electron chi connectivity index (χ1n) is 14.7. The molecular formula is C33H33FN6O2. The summed E-state index contributed by atoms with van der Waals surface area (Å²) in [5.41, 5.74) is 7.62. The molecule has 2 fully saturated rings. The molecule has 0 saturated heterocycles. The summed E-state index contributed by atoms with van der Waals surface area (Å²) in [7, 11) is 0. The highest BCUT2D eigenvalue weighted by molar-refractivity contribution is 6.00. The number of fused-ring (bicyclic) bond motifs is 1. The minimum atomic E-state index is -1.89. The molecule has 0 aliphatic heterocycles. The van der Waals surface area contributed by atoms with Crippen LogP contribution in [-0.4, -0.2) is 43.9 Å². The summed E-state index contributed by atoms with van der Waals surface area (Å²) < 4.78 is 14.8. The fourth-order valence-corrected chi connectivity index (χ4v) is 6.18. The highest BCUT2D eigenvalue weighted by Crippen LogP contribution is 2.43. The first-order valence-corrected chi connectivity index (χ1v) is 14.7. The molecule has 2 heterocycles. The summed E-state index contributed by atoms with van der Waals surface area (Å²) in [6.07, 6.45) is 5.99. The van der Waals surface area contributed by atoms with Crippen LogP contribution in [0.2, 0.25) is 0 Å². The lowest BCUT2D eigenvalue weighted by atomic mass is 9.90. The number of H-pyrrole nitrogens is 1. The Kier molecular flexibility index (Phi) is 6.40. The van der Waals surface area contributed by atoms with E-state index >= 15 is 0 Å². The van der Waals surface area contributed by atoms with Gasteiger partial charge in [0.2, 0.25) is 5.91 Å². The Morgan fingerprint density at radius 3 is 2.48 bits per heavy atom. The van der Waals surface area contributed by atoms with Gasteiger partial charge >= 0.3 is 0 Å². The lowest BCUT2D eigenvalue weighted by Gasteiger charge is -2.26. The molecule has 0 radical (unpaired) electrons. The van der Waals surface area contributed by atoms with Gasteiger partial charge in [-0.15, -0.1) is 0 Å². The van der Waals surface area contributed by atoms with Crippen LogP contribution >= 0.6 is 0 Å². The molecular weight excluding hydrogens is 531 g/mol. The predicted molar refractivity (Wildman–Crippen MR) is 158 cm³/mol. The van der Waals surface area contributed by atoms with Gasteiger partial charge in [0, 0.05) is 28.4 Å². The number of amides is 2. The zero-order valence-corrected chi connectivity index (χ0v) is 23.7. The summed E-state index contributed by atoms with van der Waals surface area (Å²) in [6, 6.07) is 14.9.